The summed E-state index contributed by atoms with van der Waals surface area (Å²) >= 11 is 3.07. The van der Waals surface area contributed by atoms with Gasteiger partial charge in [0.15, 0.2) is 0 Å². The van der Waals surface area contributed by atoms with Crippen LogP contribution in [0.15, 0.2) is 16.8 Å². The van der Waals surface area contributed by atoms with Crippen molar-refractivity contribution in [3.8, 4) is 0 Å². The first-order valence-electron chi connectivity index (χ1n) is 1.74. The van der Waals surface area contributed by atoms with E-state index in [9.17, 15) is 0 Å². The molecule has 1 rings (SSSR count). The SMILES string of the molecule is I.[Zn][c]1ccsc1. The topological polar surface area (TPSA) is 0 Å². The summed E-state index contributed by atoms with van der Waals surface area (Å²) in [5.41, 5.74) is 0. The molecule has 35 valence electrons. The quantitative estimate of drug-likeness (QED) is 0.498. The van der Waals surface area contributed by atoms with Crippen LogP contribution < -0.4 is 4.16 Å². The molecule has 0 N–H and O–H groups in total. The first-order valence-corrected chi connectivity index (χ1v) is 4.16. The fraction of sp³-hybridized carbons (Fsp3) is 0. The molecule has 1 heterocycles. The van der Waals surface area contributed by atoms with Gasteiger partial charge in [0.05, 0.1) is 0 Å². The van der Waals surface area contributed by atoms with Crippen LogP contribution in [0.1, 0.15) is 0 Å². The Kier molecular flexibility index (Phi) is 4.58. The van der Waals surface area contributed by atoms with Gasteiger partial charge >= 0.3 is 50.6 Å². The molecule has 1 aromatic heterocycles. The number of halogens is 1. The number of thiophene rings is 1. The Bertz CT molecular complexity index is 115. The first-order chi connectivity index (χ1) is 2.89. The molecule has 0 fully saturated rings. The Morgan fingerprint density at radius 1 is 1.57 bits per heavy atom. The minimum atomic E-state index is 0. The number of rotatable bonds is 0. The van der Waals surface area contributed by atoms with Crippen LogP contribution in [0.3, 0.4) is 0 Å². The average Bonchev–Trinajstić information content (AvgIpc) is 1.86. The van der Waals surface area contributed by atoms with Crippen LogP contribution in [-0.2, 0) is 18.3 Å². The molecule has 0 spiro atoms. The van der Waals surface area contributed by atoms with E-state index in [1.54, 1.807) is 11.3 Å². The minimum absolute atomic E-state index is 0. The second kappa shape index (κ2) is 3.99. The standard InChI is InChI=1S/C4H3S.HI.Zn/c1-2-4-5-3-1;;/h1,3-4H;1H;. The number of hydrogen-bond acceptors (Lipinski definition) is 1. The summed E-state index contributed by atoms with van der Waals surface area (Å²) in [6.45, 7) is 0. The summed E-state index contributed by atoms with van der Waals surface area (Å²) in [4.78, 5) is 0. The van der Waals surface area contributed by atoms with Crippen molar-refractivity contribution in [1.29, 1.82) is 0 Å². The van der Waals surface area contributed by atoms with Gasteiger partial charge in [-0.25, -0.2) is 0 Å². The molecule has 0 aliphatic heterocycles. The summed E-state index contributed by atoms with van der Waals surface area (Å²) in [6, 6.07) is 2.16. The van der Waals surface area contributed by atoms with Crippen LogP contribution in [-0.4, -0.2) is 0 Å². The van der Waals surface area contributed by atoms with E-state index in [2.05, 4.69) is 16.8 Å². The second-order valence-electron chi connectivity index (χ2n) is 1.13. The zero-order valence-electron chi connectivity index (χ0n) is 3.76. The predicted octanol–water partition coefficient (Wildman–Crippen LogP) is 1.54. The van der Waals surface area contributed by atoms with E-state index < -0.39 is 0 Å². The summed E-state index contributed by atoms with van der Waals surface area (Å²) in [5, 5.41) is 4.29. The van der Waals surface area contributed by atoms with Gasteiger partial charge in [0.1, 0.15) is 0 Å². The predicted molar refractivity (Wildman–Crippen MR) is 39.4 cm³/mol. The molecular formula is C4H4ISZn. The Morgan fingerprint density at radius 2 is 2.29 bits per heavy atom. The Balaban J connectivity index is 0.000000360. The van der Waals surface area contributed by atoms with E-state index in [0.717, 1.165) is 0 Å². The first kappa shape index (κ1) is 8.05. The normalized spacial score (nSPS) is 7.71. The van der Waals surface area contributed by atoms with E-state index in [0.29, 0.717) is 0 Å². The Morgan fingerprint density at radius 3 is 2.43 bits per heavy atom. The van der Waals surface area contributed by atoms with Gasteiger partial charge in [0, 0.05) is 0 Å². The zero-order chi connectivity index (χ0) is 4.41. The van der Waals surface area contributed by atoms with E-state index in [1.807, 2.05) is 0 Å². The van der Waals surface area contributed by atoms with Crippen molar-refractivity contribution in [2.45, 2.75) is 0 Å². The fourth-order valence-corrected chi connectivity index (χ4v) is 2.09. The molecule has 0 aliphatic carbocycles. The monoisotopic (exact) mass is 275 g/mol. The van der Waals surface area contributed by atoms with Crippen molar-refractivity contribution in [3.05, 3.63) is 16.8 Å². The third-order valence-electron chi connectivity index (χ3n) is 0.580. The molecule has 0 unspecified atom stereocenters. The Labute approximate surface area is 74.0 Å². The van der Waals surface area contributed by atoms with Crippen LogP contribution in [0.4, 0.5) is 0 Å². The molecule has 0 bridgehead atoms. The Hall–Kier alpha value is 1.05. The number of hydrogen-bond donors (Lipinski definition) is 0. The van der Waals surface area contributed by atoms with Gasteiger partial charge in [-0.05, 0) is 0 Å². The van der Waals surface area contributed by atoms with Crippen LogP contribution in [0.5, 0.6) is 0 Å². The zero-order valence-corrected chi connectivity index (χ0v) is 9.87. The maximum absolute atomic E-state index is 2.18. The van der Waals surface area contributed by atoms with E-state index in [4.69, 9.17) is 0 Å². The fourth-order valence-electron chi connectivity index (χ4n) is 0.293. The molecule has 0 saturated carbocycles. The molecule has 3 heteroatoms. The molecule has 0 radical (unpaired) electrons. The van der Waals surface area contributed by atoms with Crippen molar-refractivity contribution in [1.82, 2.24) is 0 Å². The van der Waals surface area contributed by atoms with Crippen LogP contribution in [0.25, 0.3) is 0 Å². The van der Waals surface area contributed by atoms with Crippen LogP contribution in [0, 0.1) is 0 Å². The molecule has 0 saturated heterocycles. The van der Waals surface area contributed by atoms with Crippen molar-refractivity contribution in [2.24, 2.45) is 0 Å². The van der Waals surface area contributed by atoms with Crippen molar-refractivity contribution in [3.63, 3.8) is 0 Å². The summed E-state index contributed by atoms with van der Waals surface area (Å²) in [5.74, 6) is 0. The average molecular weight is 276 g/mol. The third kappa shape index (κ3) is 2.78. The molecule has 0 amide bonds. The van der Waals surface area contributed by atoms with Gasteiger partial charge in [-0.15, -0.1) is 24.0 Å². The third-order valence-corrected chi connectivity index (χ3v) is 2.86. The molecule has 0 aromatic carbocycles. The maximum atomic E-state index is 2.18. The molecule has 0 nitrogen and oxygen atoms in total. The van der Waals surface area contributed by atoms with Gasteiger partial charge < -0.3 is 0 Å². The van der Waals surface area contributed by atoms with Gasteiger partial charge in [-0.2, -0.15) is 0 Å². The molecule has 1 aromatic rings. The van der Waals surface area contributed by atoms with Crippen LogP contribution >= 0.6 is 35.3 Å². The summed E-state index contributed by atoms with van der Waals surface area (Å²) in [6.07, 6.45) is 0. The van der Waals surface area contributed by atoms with Crippen molar-refractivity contribution >= 4 is 39.5 Å². The van der Waals surface area contributed by atoms with Crippen molar-refractivity contribution in [2.75, 3.05) is 0 Å². The molecular weight excluding hydrogens is 272 g/mol. The van der Waals surface area contributed by atoms with Gasteiger partial charge in [0.2, 0.25) is 0 Å². The van der Waals surface area contributed by atoms with Gasteiger partial charge in [-0.3, -0.25) is 0 Å². The molecule has 0 atom stereocenters. The second-order valence-corrected chi connectivity index (χ2v) is 3.62. The van der Waals surface area contributed by atoms with Gasteiger partial charge in [0.25, 0.3) is 0 Å². The van der Waals surface area contributed by atoms with E-state index in [1.165, 1.54) is 22.5 Å². The van der Waals surface area contributed by atoms with E-state index >= 15 is 0 Å². The van der Waals surface area contributed by atoms with Gasteiger partial charge in [-0.1, -0.05) is 0 Å². The van der Waals surface area contributed by atoms with Crippen molar-refractivity contribution < 1.29 is 18.3 Å². The summed E-state index contributed by atoms with van der Waals surface area (Å²) in [7, 11) is 0. The van der Waals surface area contributed by atoms with E-state index in [-0.39, 0.29) is 24.0 Å². The molecule has 0 aliphatic rings. The molecule has 7 heavy (non-hydrogen) atoms. The summed E-state index contributed by atoms with van der Waals surface area (Å²) < 4.78 is 1.49. The van der Waals surface area contributed by atoms with Crippen LogP contribution in [0.2, 0.25) is 0 Å².